The number of rotatable bonds is 7. The average molecular weight is 375 g/mol. The van der Waals surface area contributed by atoms with Crippen molar-refractivity contribution in [2.24, 2.45) is 0 Å². The Hall–Kier alpha value is -1.43. The summed E-state index contributed by atoms with van der Waals surface area (Å²) in [5.41, 5.74) is 2.20. The van der Waals surface area contributed by atoms with Gasteiger partial charge in [-0.1, -0.05) is 65.8 Å². The van der Waals surface area contributed by atoms with Crippen molar-refractivity contribution in [2.45, 2.75) is 71.5 Å². The van der Waals surface area contributed by atoms with Crippen LogP contribution in [0.4, 0.5) is 13.2 Å². The van der Waals surface area contributed by atoms with Gasteiger partial charge in [0.05, 0.1) is 0 Å². The largest absolute Gasteiger partial charge is 0.572 e. The van der Waals surface area contributed by atoms with Crippen molar-refractivity contribution >= 4 is 14.1 Å². The fraction of sp³-hybridized carbons (Fsp3) is 0.579. The number of alkyl halides is 3. The second-order valence-corrected chi connectivity index (χ2v) is 12.7. The van der Waals surface area contributed by atoms with Crippen molar-refractivity contribution in [3.05, 3.63) is 41.7 Å². The standard InChI is InChI=1S/C19H29F3O2Si/c1-13(2)25(14(3)4,15(5)6)24-18(12-23-19(20,21)22)17-11-9-8-10-16(17)7/h8-15H,1-7H3. The summed E-state index contributed by atoms with van der Waals surface area (Å²) in [4.78, 5) is 0. The predicted molar refractivity (Wildman–Crippen MR) is 98.4 cm³/mol. The monoisotopic (exact) mass is 374 g/mol. The van der Waals surface area contributed by atoms with Crippen LogP contribution in [0.5, 0.6) is 0 Å². The van der Waals surface area contributed by atoms with Crippen molar-refractivity contribution in [1.82, 2.24) is 0 Å². The molecule has 0 aliphatic carbocycles. The van der Waals surface area contributed by atoms with Crippen LogP contribution in [0, 0.1) is 6.92 Å². The van der Waals surface area contributed by atoms with Crippen LogP contribution in [0.25, 0.3) is 5.76 Å². The number of hydrogen-bond acceptors (Lipinski definition) is 2. The molecule has 0 saturated carbocycles. The van der Waals surface area contributed by atoms with Gasteiger partial charge in [-0.3, -0.25) is 0 Å². The van der Waals surface area contributed by atoms with Crippen LogP contribution in [0.15, 0.2) is 30.5 Å². The molecule has 0 amide bonds. The van der Waals surface area contributed by atoms with Gasteiger partial charge in [0, 0.05) is 5.56 Å². The second-order valence-electron chi connectivity index (χ2n) is 7.28. The van der Waals surface area contributed by atoms with E-state index in [-0.39, 0.29) is 22.4 Å². The molecule has 0 spiro atoms. The molecule has 25 heavy (non-hydrogen) atoms. The summed E-state index contributed by atoms with van der Waals surface area (Å²) in [6, 6.07) is 7.25. The van der Waals surface area contributed by atoms with Gasteiger partial charge >= 0.3 is 6.36 Å². The van der Waals surface area contributed by atoms with E-state index in [0.717, 1.165) is 11.8 Å². The van der Waals surface area contributed by atoms with Gasteiger partial charge in [-0.05, 0) is 29.1 Å². The minimum Gasteiger partial charge on any atom is -0.540 e. The molecule has 0 bridgehead atoms. The molecule has 0 fully saturated rings. The zero-order chi connectivity index (χ0) is 19.4. The lowest BCUT2D eigenvalue weighted by Gasteiger charge is -2.43. The molecule has 0 aliphatic rings. The number of benzene rings is 1. The Bertz CT molecular complexity index is 571. The van der Waals surface area contributed by atoms with Gasteiger partial charge < -0.3 is 9.16 Å². The predicted octanol–water partition coefficient (Wildman–Crippen LogP) is 7.02. The number of aryl methyl sites for hydroxylation is 1. The maximum absolute atomic E-state index is 12.6. The summed E-state index contributed by atoms with van der Waals surface area (Å²) >= 11 is 0. The first-order valence-corrected chi connectivity index (χ1v) is 10.8. The highest BCUT2D eigenvalue weighted by atomic mass is 28.4. The first-order chi connectivity index (χ1) is 11.4. The van der Waals surface area contributed by atoms with Crippen LogP contribution < -0.4 is 0 Å². The molecule has 0 N–H and O–H groups in total. The Kier molecular flexibility index (Phi) is 7.17. The Morgan fingerprint density at radius 2 is 1.44 bits per heavy atom. The van der Waals surface area contributed by atoms with E-state index in [4.69, 9.17) is 4.43 Å². The molecule has 0 unspecified atom stereocenters. The minimum atomic E-state index is -4.74. The first kappa shape index (κ1) is 21.6. The summed E-state index contributed by atoms with van der Waals surface area (Å²) in [7, 11) is -2.41. The van der Waals surface area contributed by atoms with Gasteiger partial charge in [-0.2, -0.15) is 0 Å². The summed E-state index contributed by atoms with van der Waals surface area (Å²) < 4.78 is 48.4. The molecule has 1 aromatic carbocycles. The van der Waals surface area contributed by atoms with E-state index in [1.807, 2.05) is 19.1 Å². The molecule has 142 valence electrons. The van der Waals surface area contributed by atoms with E-state index in [9.17, 15) is 13.2 Å². The quantitative estimate of drug-likeness (QED) is 0.377. The van der Waals surface area contributed by atoms with E-state index in [2.05, 4.69) is 46.3 Å². The zero-order valence-corrected chi connectivity index (χ0v) is 17.1. The molecule has 0 aliphatic heterocycles. The third-order valence-electron chi connectivity index (χ3n) is 4.70. The fourth-order valence-corrected chi connectivity index (χ4v) is 8.90. The lowest BCUT2D eigenvalue weighted by Crippen LogP contribution is -2.47. The molecule has 1 rings (SSSR count). The average Bonchev–Trinajstić information content (AvgIpc) is 2.46. The molecule has 0 saturated heterocycles. The van der Waals surface area contributed by atoms with Gasteiger partial charge in [0.1, 0.15) is 12.0 Å². The van der Waals surface area contributed by atoms with E-state index in [1.165, 1.54) is 0 Å². The highest BCUT2D eigenvalue weighted by Crippen LogP contribution is 2.45. The third kappa shape index (κ3) is 5.27. The van der Waals surface area contributed by atoms with Crippen LogP contribution in [0.1, 0.15) is 52.7 Å². The van der Waals surface area contributed by atoms with Gasteiger partial charge in [0.25, 0.3) is 8.32 Å². The Labute approximate surface area is 150 Å². The van der Waals surface area contributed by atoms with E-state index >= 15 is 0 Å². The SMILES string of the molecule is Cc1ccccc1C(=COC(F)(F)F)O[Si](C(C)C)(C(C)C)C(C)C. The maximum Gasteiger partial charge on any atom is 0.572 e. The van der Waals surface area contributed by atoms with Gasteiger partial charge in [-0.15, -0.1) is 13.2 Å². The number of ether oxygens (including phenoxy) is 1. The van der Waals surface area contributed by atoms with E-state index in [1.54, 1.807) is 12.1 Å². The number of hydrogen-bond donors (Lipinski definition) is 0. The second kappa shape index (κ2) is 8.30. The lowest BCUT2D eigenvalue weighted by atomic mass is 10.1. The topological polar surface area (TPSA) is 18.5 Å². The summed E-state index contributed by atoms with van der Waals surface area (Å²) in [6.07, 6.45) is -4.02. The van der Waals surface area contributed by atoms with Crippen molar-refractivity contribution in [3.8, 4) is 0 Å². The Morgan fingerprint density at radius 1 is 0.960 bits per heavy atom. The first-order valence-electron chi connectivity index (χ1n) is 8.61. The molecule has 0 atom stereocenters. The van der Waals surface area contributed by atoms with Crippen LogP contribution in [0.2, 0.25) is 16.6 Å². The zero-order valence-electron chi connectivity index (χ0n) is 16.1. The molecule has 0 heterocycles. The van der Waals surface area contributed by atoms with Crippen molar-refractivity contribution in [2.75, 3.05) is 0 Å². The van der Waals surface area contributed by atoms with Crippen molar-refractivity contribution in [3.63, 3.8) is 0 Å². The molecule has 6 heteroatoms. The molecule has 0 aromatic heterocycles. The van der Waals surface area contributed by atoms with E-state index < -0.39 is 14.7 Å². The highest BCUT2D eigenvalue weighted by molar-refractivity contribution is 6.78. The lowest BCUT2D eigenvalue weighted by molar-refractivity contribution is -0.298. The van der Waals surface area contributed by atoms with Crippen molar-refractivity contribution < 1.29 is 22.3 Å². The van der Waals surface area contributed by atoms with Crippen LogP contribution in [-0.2, 0) is 9.16 Å². The van der Waals surface area contributed by atoms with Crippen LogP contribution in [-0.4, -0.2) is 14.7 Å². The molecule has 1 aromatic rings. The fourth-order valence-electron chi connectivity index (χ4n) is 3.66. The molecule has 0 radical (unpaired) electrons. The smallest absolute Gasteiger partial charge is 0.540 e. The Balaban J connectivity index is 3.44. The van der Waals surface area contributed by atoms with Gasteiger partial charge in [0.15, 0.2) is 0 Å². The van der Waals surface area contributed by atoms with E-state index in [0.29, 0.717) is 5.56 Å². The molecular formula is C19H29F3O2Si. The summed E-state index contributed by atoms with van der Waals surface area (Å²) in [6.45, 7) is 14.4. The number of halogens is 3. The van der Waals surface area contributed by atoms with Gasteiger partial charge in [0.2, 0.25) is 0 Å². The highest BCUT2D eigenvalue weighted by Gasteiger charge is 2.47. The molecular weight excluding hydrogens is 345 g/mol. The van der Waals surface area contributed by atoms with Crippen LogP contribution >= 0.6 is 0 Å². The van der Waals surface area contributed by atoms with Crippen LogP contribution in [0.3, 0.4) is 0 Å². The normalized spacial score (nSPS) is 13.7. The summed E-state index contributed by atoms with van der Waals surface area (Å²) in [5, 5.41) is 0. The minimum absolute atomic E-state index is 0.165. The van der Waals surface area contributed by atoms with Crippen molar-refractivity contribution in [1.29, 1.82) is 0 Å². The molecule has 2 nitrogen and oxygen atoms in total. The maximum atomic E-state index is 12.6. The Morgan fingerprint density at radius 3 is 1.84 bits per heavy atom. The third-order valence-corrected chi connectivity index (χ3v) is 10.7. The summed E-state index contributed by atoms with van der Waals surface area (Å²) in [5.74, 6) is 0.165. The van der Waals surface area contributed by atoms with Gasteiger partial charge in [-0.25, -0.2) is 0 Å².